The molecule has 0 fully saturated rings. The molecule has 1 unspecified atom stereocenters. The summed E-state index contributed by atoms with van der Waals surface area (Å²) in [6.45, 7) is 0. The number of carbonyl (C=O) groups is 1. The Labute approximate surface area is 117 Å². The van der Waals surface area contributed by atoms with E-state index in [-0.39, 0.29) is 5.91 Å². The van der Waals surface area contributed by atoms with Crippen molar-refractivity contribution in [2.45, 2.75) is 6.04 Å². The second-order valence-corrected chi connectivity index (χ2v) is 4.68. The van der Waals surface area contributed by atoms with E-state index in [1.54, 1.807) is 42.5 Å². The topological polar surface area (TPSA) is 89.1 Å². The summed E-state index contributed by atoms with van der Waals surface area (Å²) < 4.78 is 1.61. The number of anilines is 2. The maximum Gasteiger partial charge on any atom is 0.246 e. The van der Waals surface area contributed by atoms with Gasteiger partial charge in [-0.25, -0.2) is 4.98 Å². The first-order chi connectivity index (χ1) is 9.49. The molecule has 2 heterocycles. The molecule has 1 atom stereocenters. The van der Waals surface area contributed by atoms with Gasteiger partial charge in [0.1, 0.15) is 6.04 Å². The number of hydrogen-bond donors (Lipinski definition) is 2. The van der Waals surface area contributed by atoms with Crippen LogP contribution in [-0.2, 0) is 11.8 Å². The molecular weight excluding hydrogens is 256 g/mol. The summed E-state index contributed by atoms with van der Waals surface area (Å²) in [5.74, 6) is 0.383. The van der Waals surface area contributed by atoms with E-state index in [1.165, 1.54) is 0 Å². The smallest absolute Gasteiger partial charge is 0.246 e. The van der Waals surface area contributed by atoms with Gasteiger partial charge < -0.3 is 16.0 Å². The molecule has 0 saturated carbocycles. The molecule has 0 aromatic carbocycles. The number of pyridine rings is 1. The van der Waals surface area contributed by atoms with Gasteiger partial charge in [0.2, 0.25) is 5.91 Å². The Kier molecular flexibility index (Phi) is 3.99. The van der Waals surface area contributed by atoms with Crippen LogP contribution in [0.1, 0.15) is 11.6 Å². The number of amides is 1. The van der Waals surface area contributed by atoms with Crippen LogP contribution in [-0.4, -0.2) is 34.8 Å². The maximum atomic E-state index is 12.2. The standard InChI is InChI=1S/C13H18N6O/c1-18(2)12-10(5-4-6-15-12)17-13(20)11(14)9-7-16-19(3)8-9/h4-8,11H,14H2,1-3H3,(H,17,20). The molecule has 0 spiro atoms. The van der Waals surface area contributed by atoms with Crippen molar-refractivity contribution in [1.29, 1.82) is 0 Å². The van der Waals surface area contributed by atoms with Gasteiger partial charge in [-0.05, 0) is 12.1 Å². The second-order valence-electron chi connectivity index (χ2n) is 4.68. The highest BCUT2D eigenvalue weighted by Crippen LogP contribution is 2.21. The fourth-order valence-corrected chi connectivity index (χ4v) is 1.81. The van der Waals surface area contributed by atoms with Crippen LogP contribution in [0.15, 0.2) is 30.7 Å². The van der Waals surface area contributed by atoms with Gasteiger partial charge in [-0.2, -0.15) is 5.10 Å². The molecule has 0 aliphatic carbocycles. The minimum atomic E-state index is -0.765. The van der Waals surface area contributed by atoms with Gasteiger partial charge in [0, 0.05) is 39.1 Å². The van der Waals surface area contributed by atoms with Crippen molar-refractivity contribution in [1.82, 2.24) is 14.8 Å². The van der Waals surface area contributed by atoms with Gasteiger partial charge in [-0.3, -0.25) is 9.48 Å². The van der Waals surface area contributed by atoms with Crippen LogP contribution in [0.25, 0.3) is 0 Å². The van der Waals surface area contributed by atoms with Crippen molar-refractivity contribution >= 4 is 17.4 Å². The highest BCUT2D eigenvalue weighted by atomic mass is 16.2. The molecule has 106 valence electrons. The SMILES string of the molecule is CN(C)c1ncccc1NC(=O)C(N)c1cnn(C)c1. The molecular formula is C13H18N6O. The van der Waals surface area contributed by atoms with Crippen LogP contribution in [0.5, 0.6) is 0 Å². The van der Waals surface area contributed by atoms with Gasteiger partial charge in [0.15, 0.2) is 5.82 Å². The molecule has 2 aromatic heterocycles. The third-order valence-electron chi connectivity index (χ3n) is 2.83. The lowest BCUT2D eigenvalue weighted by atomic mass is 10.1. The molecule has 0 aliphatic heterocycles. The average molecular weight is 274 g/mol. The van der Waals surface area contributed by atoms with Crippen molar-refractivity contribution in [3.05, 3.63) is 36.3 Å². The highest BCUT2D eigenvalue weighted by molar-refractivity contribution is 5.97. The van der Waals surface area contributed by atoms with Gasteiger partial charge in [-0.1, -0.05) is 0 Å². The first kappa shape index (κ1) is 14.0. The number of nitrogens with zero attached hydrogens (tertiary/aromatic N) is 4. The van der Waals surface area contributed by atoms with Crippen LogP contribution in [0.4, 0.5) is 11.5 Å². The molecule has 0 bridgehead atoms. The lowest BCUT2D eigenvalue weighted by Crippen LogP contribution is -2.28. The maximum absolute atomic E-state index is 12.2. The highest BCUT2D eigenvalue weighted by Gasteiger charge is 2.19. The van der Waals surface area contributed by atoms with Gasteiger partial charge in [-0.15, -0.1) is 0 Å². The normalized spacial score (nSPS) is 12.0. The van der Waals surface area contributed by atoms with Crippen molar-refractivity contribution in [3.63, 3.8) is 0 Å². The third-order valence-corrected chi connectivity index (χ3v) is 2.83. The number of hydrogen-bond acceptors (Lipinski definition) is 5. The summed E-state index contributed by atoms with van der Waals surface area (Å²) in [7, 11) is 5.50. The van der Waals surface area contributed by atoms with Crippen LogP contribution in [0, 0.1) is 0 Å². The minimum absolute atomic E-state index is 0.297. The Balaban J connectivity index is 2.16. The number of aromatic nitrogens is 3. The molecule has 1 amide bonds. The van der Waals surface area contributed by atoms with E-state index < -0.39 is 6.04 Å². The predicted octanol–water partition coefficient (Wildman–Crippen LogP) is 0.520. The zero-order chi connectivity index (χ0) is 14.7. The number of carbonyl (C=O) groups excluding carboxylic acids is 1. The van der Waals surface area contributed by atoms with Gasteiger partial charge in [0.05, 0.1) is 11.9 Å². The van der Waals surface area contributed by atoms with E-state index in [2.05, 4.69) is 15.4 Å². The van der Waals surface area contributed by atoms with E-state index in [0.29, 0.717) is 17.1 Å². The zero-order valence-electron chi connectivity index (χ0n) is 11.7. The number of nitrogens with one attached hydrogen (secondary N) is 1. The summed E-state index contributed by atoms with van der Waals surface area (Å²) >= 11 is 0. The zero-order valence-corrected chi connectivity index (χ0v) is 11.7. The van der Waals surface area contributed by atoms with E-state index >= 15 is 0 Å². The Morgan fingerprint density at radius 3 is 2.85 bits per heavy atom. The summed E-state index contributed by atoms with van der Waals surface area (Å²) in [5, 5.41) is 6.80. The summed E-state index contributed by atoms with van der Waals surface area (Å²) in [5.41, 5.74) is 7.22. The molecule has 0 radical (unpaired) electrons. The fraction of sp³-hybridized carbons (Fsp3) is 0.308. The van der Waals surface area contributed by atoms with E-state index in [4.69, 9.17) is 5.73 Å². The Morgan fingerprint density at radius 1 is 1.50 bits per heavy atom. The first-order valence-electron chi connectivity index (χ1n) is 6.16. The van der Waals surface area contributed by atoms with Crippen molar-refractivity contribution in [2.24, 2.45) is 12.8 Å². The van der Waals surface area contributed by atoms with Crippen molar-refractivity contribution in [3.8, 4) is 0 Å². The minimum Gasteiger partial charge on any atom is -0.361 e. The van der Waals surface area contributed by atoms with Crippen LogP contribution >= 0.6 is 0 Å². The largest absolute Gasteiger partial charge is 0.361 e. The van der Waals surface area contributed by atoms with Crippen molar-refractivity contribution in [2.75, 3.05) is 24.3 Å². The monoisotopic (exact) mass is 274 g/mol. The third kappa shape index (κ3) is 2.94. The first-order valence-corrected chi connectivity index (χ1v) is 6.16. The quantitative estimate of drug-likeness (QED) is 0.848. The predicted molar refractivity (Wildman–Crippen MR) is 77.3 cm³/mol. The summed E-state index contributed by atoms with van der Waals surface area (Å²) in [4.78, 5) is 18.2. The summed E-state index contributed by atoms with van der Waals surface area (Å²) in [6, 6.07) is 2.79. The van der Waals surface area contributed by atoms with E-state index in [9.17, 15) is 4.79 Å². The van der Waals surface area contributed by atoms with Gasteiger partial charge in [0.25, 0.3) is 0 Å². The summed E-state index contributed by atoms with van der Waals surface area (Å²) in [6.07, 6.45) is 4.98. The molecule has 20 heavy (non-hydrogen) atoms. The average Bonchev–Trinajstić information content (AvgIpc) is 2.84. The molecule has 0 aliphatic rings. The van der Waals surface area contributed by atoms with Crippen molar-refractivity contribution < 1.29 is 4.79 Å². The van der Waals surface area contributed by atoms with Gasteiger partial charge >= 0.3 is 0 Å². The van der Waals surface area contributed by atoms with Crippen LogP contribution in [0.3, 0.4) is 0 Å². The Morgan fingerprint density at radius 2 is 2.25 bits per heavy atom. The Hall–Kier alpha value is -2.41. The molecule has 7 nitrogen and oxygen atoms in total. The van der Waals surface area contributed by atoms with E-state index in [1.807, 2.05) is 19.0 Å². The lowest BCUT2D eigenvalue weighted by molar-refractivity contribution is -0.117. The number of aryl methyl sites for hydroxylation is 1. The van der Waals surface area contributed by atoms with Crippen LogP contribution in [0.2, 0.25) is 0 Å². The number of rotatable bonds is 4. The number of nitrogens with two attached hydrogens (primary N) is 1. The van der Waals surface area contributed by atoms with Crippen LogP contribution < -0.4 is 16.0 Å². The lowest BCUT2D eigenvalue weighted by Gasteiger charge is -2.17. The fourth-order valence-electron chi connectivity index (χ4n) is 1.81. The molecule has 0 saturated heterocycles. The van der Waals surface area contributed by atoms with E-state index in [0.717, 1.165) is 0 Å². The molecule has 2 aromatic rings. The Bertz CT molecular complexity index is 606. The molecule has 2 rings (SSSR count). The second kappa shape index (κ2) is 5.70. The molecule has 7 heteroatoms. The molecule has 3 N–H and O–H groups in total.